The monoisotopic (exact) mass is 339 g/mol. The van der Waals surface area contributed by atoms with Gasteiger partial charge in [-0.05, 0) is 68.3 Å². The number of ether oxygens (including phenoxy) is 1. The van der Waals surface area contributed by atoms with E-state index in [2.05, 4.69) is 47.4 Å². The van der Waals surface area contributed by atoms with Crippen LogP contribution in [0.1, 0.15) is 38.2 Å². The number of rotatable bonds is 5. The van der Waals surface area contributed by atoms with Crippen LogP contribution in [-0.2, 0) is 6.42 Å². The summed E-state index contributed by atoms with van der Waals surface area (Å²) in [5.74, 6) is 2.57. The van der Waals surface area contributed by atoms with Crippen LogP contribution in [-0.4, -0.2) is 20.2 Å². The minimum Gasteiger partial charge on any atom is -0.497 e. The predicted molar refractivity (Wildman–Crippen MR) is 88.4 cm³/mol. The van der Waals surface area contributed by atoms with Crippen LogP contribution in [0.15, 0.2) is 22.7 Å². The number of hydrogen-bond acceptors (Lipinski definition) is 2. The molecule has 3 heteroatoms. The van der Waals surface area contributed by atoms with Crippen molar-refractivity contribution in [2.24, 2.45) is 11.8 Å². The van der Waals surface area contributed by atoms with Crippen molar-refractivity contribution < 1.29 is 4.74 Å². The lowest BCUT2D eigenvalue weighted by atomic mass is 9.74. The Kier molecular flexibility index (Phi) is 5.91. The van der Waals surface area contributed by atoms with Crippen LogP contribution >= 0.6 is 15.9 Å². The zero-order valence-electron chi connectivity index (χ0n) is 12.8. The summed E-state index contributed by atoms with van der Waals surface area (Å²) in [4.78, 5) is 0. The molecule has 1 saturated carbocycles. The average Bonchev–Trinajstić information content (AvgIpc) is 2.49. The number of benzene rings is 1. The topological polar surface area (TPSA) is 21.3 Å². The maximum Gasteiger partial charge on any atom is 0.119 e. The van der Waals surface area contributed by atoms with Gasteiger partial charge in [-0.1, -0.05) is 29.3 Å². The van der Waals surface area contributed by atoms with E-state index in [4.69, 9.17) is 4.74 Å². The Morgan fingerprint density at radius 3 is 2.80 bits per heavy atom. The molecule has 112 valence electrons. The Balaban J connectivity index is 2.13. The van der Waals surface area contributed by atoms with Gasteiger partial charge in [-0.2, -0.15) is 0 Å². The summed E-state index contributed by atoms with van der Waals surface area (Å²) in [7, 11) is 3.84. The molecule has 20 heavy (non-hydrogen) atoms. The molecular weight excluding hydrogens is 314 g/mol. The lowest BCUT2D eigenvalue weighted by Gasteiger charge is -2.36. The zero-order valence-corrected chi connectivity index (χ0v) is 14.4. The second kappa shape index (κ2) is 7.46. The highest BCUT2D eigenvalue weighted by Gasteiger charge is 2.29. The van der Waals surface area contributed by atoms with Crippen molar-refractivity contribution in [1.82, 2.24) is 5.32 Å². The maximum absolute atomic E-state index is 5.36. The van der Waals surface area contributed by atoms with Crippen LogP contribution in [0.25, 0.3) is 0 Å². The number of hydrogen-bond donors (Lipinski definition) is 1. The molecule has 0 bridgehead atoms. The van der Waals surface area contributed by atoms with E-state index in [9.17, 15) is 0 Å². The summed E-state index contributed by atoms with van der Waals surface area (Å²) in [6.45, 7) is 2.32. The van der Waals surface area contributed by atoms with E-state index in [-0.39, 0.29) is 0 Å². The first-order valence-corrected chi connectivity index (χ1v) is 8.46. The van der Waals surface area contributed by atoms with Gasteiger partial charge in [0, 0.05) is 10.5 Å². The quantitative estimate of drug-likeness (QED) is 0.857. The summed E-state index contributed by atoms with van der Waals surface area (Å²) >= 11 is 3.68. The Hall–Kier alpha value is -0.540. The van der Waals surface area contributed by atoms with E-state index >= 15 is 0 Å². The van der Waals surface area contributed by atoms with E-state index in [1.165, 1.54) is 35.7 Å². The molecule has 1 aromatic carbocycles. The molecule has 0 spiro atoms. The Morgan fingerprint density at radius 2 is 2.15 bits per heavy atom. The highest BCUT2D eigenvalue weighted by molar-refractivity contribution is 9.10. The molecule has 0 aromatic heterocycles. The molecule has 0 aliphatic heterocycles. The van der Waals surface area contributed by atoms with Gasteiger partial charge in [-0.25, -0.2) is 0 Å². The van der Waals surface area contributed by atoms with E-state index in [0.717, 1.165) is 24.0 Å². The van der Waals surface area contributed by atoms with Gasteiger partial charge in [0.05, 0.1) is 7.11 Å². The minimum absolute atomic E-state index is 0.649. The molecule has 3 atom stereocenters. The summed E-state index contributed by atoms with van der Waals surface area (Å²) in [6, 6.07) is 6.93. The van der Waals surface area contributed by atoms with E-state index < -0.39 is 0 Å². The minimum atomic E-state index is 0.649. The second-order valence-corrected chi connectivity index (χ2v) is 6.76. The number of nitrogens with one attached hydrogen (secondary N) is 1. The first kappa shape index (κ1) is 15.8. The molecule has 0 radical (unpaired) electrons. The van der Waals surface area contributed by atoms with Crippen LogP contribution in [0, 0.1) is 11.8 Å². The molecular formula is C17H26BrNO. The smallest absolute Gasteiger partial charge is 0.119 e. The molecule has 2 rings (SSSR count). The van der Waals surface area contributed by atoms with Gasteiger partial charge < -0.3 is 10.1 Å². The average molecular weight is 340 g/mol. The third-order valence-corrected chi connectivity index (χ3v) is 5.55. The Morgan fingerprint density at radius 1 is 1.35 bits per heavy atom. The van der Waals surface area contributed by atoms with E-state index in [1.54, 1.807) is 7.11 Å². The third-order valence-electron chi connectivity index (χ3n) is 4.77. The maximum atomic E-state index is 5.36. The van der Waals surface area contributed by atoms with Gasteiger partial charge in [0.25, 0.3) is 0 Å². The van der Waals surface area contributed by atoms with Crippen molar-refractivity contribution in [2.75, 3.05) is 14.2 Å². The summed E-state index contributed by atoms with van der Waals surface area (Å²) in [6.07, 6.45) is 6.46. The molecule has 1 aliphatic carbocycles. The van der Waals surface area contributed by atoms with Gasteiger partial charge in [0.15, 0.2) is 0 Å². The SMILES string of the molecule is CCC1CCC(NC)C(Cc2cc(OC)ccc2Br)C1. The van der Waals surface area contributed by atoms with Crippen LogP contribution in [0.2, 0.25) is 0 Å². The Bertz CT molecular complexity index is 435. The van der Waals surface area contributed by atoms with Crippen LogP contribution in [0.5, 0.6) is 5.75 Å². The number of methoxy groups -OCH3 is 1. The highest BCUT2D eigenvalue weighted by atomic mass is 79.9. The van der Waals surface area contributed by atoms with Crippen molar-refractivity contribution in [3.05, 3.63) is 28.2 Å². The van der Waals surface area contributed by atoms with Crippen molar-refractivity contribution in [2.45, 2.75) is 45.1 Å². The standard InChI is InChI=1S/C17H26BrNO/c1-4-12-5-8-17(19-2)14(9-12)10-13-11-15(20-3)6-7-16(13)18/h6-7,11-12,14,17,19H,4-5,8-10H2,1-3H3. The number of halogens is 1. The highest BCUT2D eigenvalue weighted by Crippen LogP contribution is 2.35. The van der Waals surface area contributed by atoms with Gasteiger partial charge in [0.2, 0.25) is 0 Å². The van der Waals surface area contributed by atoms with Crippen molar-refractivity contribution in [3.63, 3.8) is 0 Å². The molecule has 0 amide bonds. The van der Waals surface area contributed by atoms with Gasteiger partial charge in [-0.3, -0.25) is 0 Å². The normalized spacial score (nSPS) is 26.5. The first-order chi connectivity index (χ1) is 9.67. The molecule has 0 heterocycles. The third kappa shape index (κ3) is 3.76. The molecule has 1 aliphatic rings. The second-order valence-electron chi connectivity index (χ2n) is 5.90. The van der Waals surface area contributed by atoms with Crippen LogP contribution < -0.4 is 10.1 Å². The van der Waals surface area contributed by atoms with Crippen molar-refractivity contribution in [1.29, 1.82) is 0 Å². The Labute approximate surface area is 131 Å². The van der Waals surface area contributed by atoms with Gasteiger partial charge >= 0.3 is 0 Å². The first-order valence-electron chi connectivity index (χ1n) is 7.67. The molecule has 3 unspecified atom stereocenters. The lowest BCUT2D eigenvalue weighted by molar-refractivity contribution is 0.205. The van der Waals surface area contributed by atoms with Gasteiger partial charge in [-0.15, -0.1) is 0 Å². The fourth-order valence-electron chi connectivity index (χ4n) is 3.45. The summed E-state index contributed by atoms with van der Waals surface area (Å²) in [5.41, 5.74) is 1.37. The lowest BCUT2D eigenvalue weighted by Crippen LogP contribution is -2.39. The van der Waals surface area contributed by atoms with Gasteiger partial charge in [0.1, 0.15) is 5.75 Å². The zero-order chi connectivity index (χ0) is 14.5. The molecule has 1 fully saturated rings. The van der Waals surface area contributed by atoms with Crippen molar-refractivity contribution in [3.8, 4) is 5.75 Å². The van der Waals surface area contributed by atoms with Crippen molar-refractivity contribution >= 4 is 15.9 Å². The molecule has 2 nitrogen and oxygen atoms in total. The van der Waals surface area contributed by atoms with Crippen LogP contribution in [0.4, 0.5) is 0 Å². The molecule has 1 N–H and O–H groups in total. The van der Waals surface area contributed by atoms with Crippen LogP contribution in [0.3, 0.4) is 0 Å². The summed E-state index contributed by atoms with van der Waals surface area (Å²) < 4.78 is 6.56. The fraction of sp³-hybridized carbons (Fsp3) is 0.647. The summed E-state index contributed by atoms with van der Waals surface area (Å²) in [5, 5.41) is 3.52. The fourth-order valence-corrected chi connectivity index (χ4v) is 3.86. The van der Waals surface area contributed by atoms with E-state index in [0.29, 0.717) is 6.04 Å². The molecule has 0 saturated heterocycles. The van der Waals surface area contributed by atoms with E-state index in [1.807, 2.05) is 6.07 Å². The largest absolute Gasteiger partial charge is 0.497 e. The molecule has 1 aromatic rings. The predicted octanol–water partition coefficient (Wildman–Crippen LogP) is 4.41.